The maximum absolute atomic E-state index is 6.26. The van der Waals surface area contributed by atoms with E-state index in [-0.39, 0.29) is 0 Å². The zero-order chi connectivity index (χ0) is 20.8. The topological polar surface area (TPSA) is 101 Å². The quantitative estimate of drug-likeness (QED) is 0.274. The summed E-state index contributed by atoms with van der Waals surface area (Å²) in [7, 11) is 0. The smallest absolute Gasteiger partial charge is 0.109 e. The van der Waals surface area contributed by atoms with Crippen LogP contribution >= 0.6 is 0 Å². The minimum atomic E-state index is 0.527. The van der Waals surface area contributed by atoms with Crippen LogP contribution in [-0.4, -0.2) is 0 Å². The van der Waals surface area contributed by atoms with Crippen molar-refractivity contribution in [2.24, 2.45) is 20.5 Å². The van der Waals surface area contributed by atoms with Crippen molar-refractivity contribution in [2.75, 3.05) is 11.5 Å². The third kappa shape index (κ3) is 4.56. The molecule has 0 aromatic heterocycles. The number of hydrogen-bond acceptors (Lipinski definition) is 6. The summed E-state index contributed by atoms with van der Waals surface area (Å²) in [5.74, 6) is 0. The average molecular weight is 392 g/mol. The maximum atomic E-state index is 6.26. The van der Waals surface area contributed by atoms with E-state index < -0.39 is 0 Å². The first kappa shape index (κ1) is 19.0. The molecule has 6 nitrogen and oxygen atoms in total. The summed E-state index contributed by atoms with van der Waals surface area (Å²) in [6.45, 7) is 0. The Labute approximate surface area is 174 Å². The van der Waals surface area contributed by atoms with Gasteiger partial charge in [0.2, 0.25) is 0 Å². The fourth-order valence-electron chi connectivity index (χ4n) is 2.90. The molecule has 0 atom stereocenters. The number of azo groups is 2. The van der Waals surface area contributed by atoms with Gasteiger partial charge in [-0.3, -0.25) is 0 Å². The molecule has 0 aliphatic rings. The summed E-state index contributed by atoms with van der Waals surface area (Å²) < 4.78 is 0. The second kappa shape index (κ2) is 8.79. The van der Waals surface area contributed by atoms with E-state index >= 15 is 0 Å². The SMILES string of the molecule is Nc1cc(-c2ccc(/N=N/c3ccccc3)cc2N)ccc1/N=N/c1ccccc1. The summed E-state index contributed by atoms with van der Waals surface area (Å²) in [6.07, 6.45) is 0. The first-order chi connectivity index (χ1) is 14.7. The minimum absolute atomic E-state index is 0.527. The Morgan fingerprint density at radius 1 is 0.467 bits per heavy atom. The van der Waals surface area contributed by atoms with Crippen molar-refractivity contribution < 1.29 is 0 Å². The fourth-order valence-corrected chi connectivity index (χ4v) is 2.90. The van der Waals surface area contributed by atoms with Crippen molar-refractivity contribution in [2.45, 2.75) is 0 Å². The van der Waals surface area contributed by atoms with Gasteiger partial charge in [-0.2, -0.15) is 15.3 Å². The van der Waals surface area contributed by atoms with Crippen LogP contribution in [0.5, 0.6) is 0 Å². The van der Waals surface area contributed by atoms with Crippen LogP contribution in [0.4, 0.5) is 34.1 Å². The van der Waals surface area contributed by atoms with Crippen LogP contribution in [0.2, 0.25) is 0 Å². The third-order valence-electron chi connectivity index (χ3n) is 4.44. The van der Waals surface area contributed by atoms with Crippen molar-refractivity contribution in [3.63, 3.8) is 0 Å². The van der Waals surface area contributed by atoms with Crippen LogP contribution in [0.3, 0.4) is 0 Å². The van der Waals surface area contributed by atoms with Crippen molar-refractivity contribution in [3.05, 3.63) is 97.1 Å². The van der Waals surface area contributed by atoms with Crippen molar-refractivity contribution in [1.82, 2.24) is 0 Å². The molecule has 0 bridgehead atoms. The minimum Gasteiger partial charge on any atom is -0.398 e. The molecule has 4 rings (SSSR count). The van der Waals surface area contributed by atoms with Gasteiger partial charge < -0.3 is 11.5 Å². The molecule has 4 aromatic carbocycles. The van der Waals surface area contributed by atoms with E-state index in [0.29, 0.717) is 22.7 Å². The van der Waals surface area contributed by atoms with Gasteiger partial charge in [0.25, 0.3) is 0 Å². The molecular weight excluding hydrogens is 372 g/mol. The summed E-state index contributed by atoms with van der Waals surface area (Å²) in [5, 5.41) is 16.9. The lowest BCUT2D eigenvalue weighted by atomic mass is 10.0. The third-order valence-corrected chi connectivity index (χ3v) is 4.44. The largest absolute Gasteiger partial charge is 0.398 e. The number of nitrogens with zero attached hydrogens (tertiary/aromatic N) is 4. The van der Waals surface area contributed by atoms with Crippen molar-refractivity contribution >= 4 is 34.1 Å². The monoisotopic (exact) mass is 392 g/mol. The standard InChI is InChI=1S/C24H20N6/c25-22-16-20(29-27-18-7-3-1-4-8-18)12-13-21(22)17-11-14-24(23(26)15-17)30-28-19-9-5-2-6-10-19/h1-16H,25-26H2/b29-27+,30-28+. The Balaban J connectivity index is 1.54. The lowest BCUT2D eigenvalue weighted by Crippen LogP contribution is -1.91. The zero-order valence-electron chi connectivity index (χ0n) is 16.2. The van der Waals surface area contributed by atoms with E-state index in [1.54, 1.807) is 6.07 Å². The van der Waals surface area contributed by atoms with Gasteiger partial charge in [0.15, 0.2) is 0 Å². The summed E-state index contributed by atoms with van der Waals surface area (Å²) in [4.78, 5) is 0. The van der Waals surface area contributed by atoms with Crippen LogP contribution in [0.25, 0.3) is 11.1 Å². The molecule has 0 fully saturated rings. The van der Waals surface area contributed by atoms with Gasteiger partial charge in [0, 0.05) is 11.3 Å². The van der Waals surface area contributed by atoms with E-state index in [1.165, 1.54) is 0 Å². The Morgan fingerprint density at radius 2 is 1.07 bits per heavy atom. The van der Waals surface area contributed by atoms with Crippen molar-refractivity contribution in [3.8, 4) is 11.1 Å². The molecule has 0 aliphatic carbocycles. The molecule has 0 aliphatic heterocycles. The van der Waals surface area contributed by atoms with E-state index in [4.69, 9.17) is 11.5 Å². The molecule has 0 spiro atoms. The number of hydrogen-bond donors (Lipinski definition) is 2. The number of rotatable bonds is 5. The fraction of sp³-hybridized carbons (Fsp3) is 0. The molecule has 146 valence electrons. The van der Waals surface area contributed by atoms with Gasteiger partial charge >= 0.3 is 0 Å². The number of nitrogen functional groups attached to an aromatic ring is 2. The van der Waals surface area contributed by atoms with Gasteiger partial charge in [0.05, 0.1) is 22.7 Å². The predicted octanol–water partition coefficient (Wildman–Crippen LogP) is 7.35. The predicted molar refractivity (Wildman–Crippen MR) is 122 cm³/mol. The van der Waals surface area contributed by atoms with Gasteiger partial charge in [-0.1, -0.05) is 48.5 Å². The Kier molecular flexibility index (Phi) is 5.57. The highest BCUT2D eigenvalue weighted by Gasteiger charge is 2.07. The molecule has 0 amide bonds. The first-order valence-electron chi connectivity index (χ1n) is 9.42. The second-order valence-electron chi connectivity index (χ2n) is 6.62. The van der Waals surface area contributed by atoms with E-state index in [9.17, 15) is 0 Å². The van der Waals surface area contributed by atoms with E-state index in [2.05, 4.69) is 20.5 Å². The maximum Gasteiger partial charge on any atom is 0.109 e. The average Bonchev–Trinajstić information content (AvgIpc) is 2.78. The van der Waals surface area contributed by atoms with Crippen LogP contribution in [-0.2, 0) is 0 Å². The first-order valence-corrected chi connectivity index (χ1v) is 9.42. The van der Waals surface area contributed by atoms with Crippen LogP contribution < -0.4 is 11.5 Å². The Morgan fingerprint density at radius 3 is 1.67 bits per heavy atom. The molecule has 0 unspecified atom stereocenters. The van der Waals surface area contributed by atoms with Gasteiger partial charge in [-0.25, -0.2) is 0 Å². The highest BCUT2D eigenvalue weighted by Crippen LogP contribution is 2.34. The molecule has 0 radical (unpaired) electrons. The zero-order valence-corrected chi connectivity index (χ0v) is 16.2. The number of nitrogens with two attached hydrogens (primary N) is 2. The van der Waals surface area contributed by atoms with Crippen LogP contribution in [0.1, 0.15) is 0 Å². The lowest BCUT2D eigenvalue weighted by Gasteiger charge is -2.08. The number of anilines is 2. The highest BCUT2D eigenvalue weighted by atomic mass is 15.1. The molecule has 0 saturated heterocycles. The van der Waals surface area contributed by atoms with Gasteiger partial charge in [-0.15, -0.1) is 5.11 Å². The summed E-state index contributed by atoms with van der Waals surface area (Å²) in [5.41, 5.74) is 18.2. The molecule has 4 aromatic rings. The molecule has 0 heterocycles. The summed E-state index contributed by atoms with van der Waals surface area (Å²) in [6, 6.07) is 30.2. The molecule has 0 saturated carbocycles. The summed E-state index contributed by atoms with van der Waals surface area (Å²) >= 11 is 0. The van der Waals surface area contributed by atoms with Crippen LogP contribution in [0.15, 0.2) is 118 Å². The highest BCUT2D eigenvalue weighted by molar-refractivity contribution is 5.82. The van der Waals surface area contributed by atoms with Crippen molar-refractivity contribution in [1.29, 1.82) is 0 Å². The van der Waals surface area contributed by atoms with Crippen LogP contribution in [0, 0.1) is 0 Å². The van der Waals surface area contributed by atoms with E-state index in [1.807, 2.05) is 91.0 Å². The molecule has 6 heteroatoms. The van der Waals surface area contributed by atoms with Gasteiger partial charge in [-0.05, 0) is 54.1 Å². The van der Waals surface area contributed by atoms with Gasteiger partial charge in [0.1, 0.15) is 5.69 Å². The Bertz CT molecular complexity index is 1200. The second-order valence-corrected chi connectivity index (χ2v) is 6.62. The number of benzene rings is 4. The lowest BCUT2D eigenvalue weighted by molar-refractivity contribution is 1.23. The molecule has 30 heavy (non-hydrogen) atoms. The van der Waals surface area contributed by atoms with E-state index in [0.717, 1.165) is 22.5 Å². The normalized spacial score (nSPS) is 11.3. The Hall–Kier alpha value is -4.32. The molecular formula is C24H20N6. The molecule has 4 N–H and O–H groups in total.